The molecule has 1 unspecified atom stereocenters. The number of hydrogen-bond acceptors (Lipinski definition) is 3. The number of hydrogen-bond donors (Lipinski definition) is 2. The highest BCUT2D eigenvalue weighted by molar-refractivity contribution is 5.81. The molecule has 0 spiro atoms. The molecular weight excluding hydrogens is 247 g/mol. The average molecular weight is 267 g/mol. The Bertz CT molecular complexity index is 265. The van der Waals surface area contributed by atoms with Gasteiger partial charge in [0.25, 0.3) is 0 Å². The van der Waals surface area contributed by atoms with Crippen LogP contribution in [0.1, 0.15) is 19.8 Å². The summed E-state index contributed by atoms with van der Waals surface area (Å²) in [6, 6.07) is -0.602. The third-order valence-corrected chi connectivity index (χ3v) is 2.93. The molecule has 0 saturated carbocycles. The lowest BCUT2D eigenvalue weighted by Gasteiger charge is -2.18. The van der Waals surface area contributed by atoms with E-state index in [4.69, 9.17) is 0 Å². The summed E-state index contributed by atoms with van der Waals surface area (Å²) in [4.78, 5) is 13.6. The minimum Gasteiger partial charge on any atom is -0.346 e. The van der Waals surface area contributed by atoms with E-state index in [1.807, 2.05) is 5.32 Å². The predicted octanol–water partition coefficient (Wildman–Crippen LogP) is 0.739. The summed E-state index contributed by atoms with van der Waals surface area (Å²) >= 11 is 0. The lowest BCUT2D eigenvalue weighted by atomic mass is 10.3. The Morgan fingerprint density at radius 1 is 1.33 bits per heavy atom. The second kappa shape index (κ2) is 6.94. The van der Waals surface area contributed by atoms with Gasteiger partial charge in [0.05, 0.1) is 6.04 Å². The van der Waals surface area contributed by atoms with E-state index in [0.717, 1.165) is 19.6 Å². The lowest BCUT2D eigenvalue weighted by molar-refractivity contribution is -0.139. The Morgan fingerprint density at radius 2 is 1.94 bits per heavy atom. The Kier molecular flexibility index (Phi) is 5.87. The minimum atomic E-state index is -4.36. The van der Waals surface area contributed by atoms with Crippen LogP contribution in [0.15, 0.2) is 0 Å². The van der Waals surface area contributed by atoms with Crippen LogP contribution in [0.2, 0.25) is 0 Å². The number of carbonyl (C=O) groups excluding carboxylic acids is 1. The van der Waals surface area contributed by atoms with Crippen LogP contribution in [0.3, 0.4) is 0 Å². The highest BCUT2D eigenvalue weighted by atomic mass is 19.4. The van der Waals surface area contributed by atoms with E-state index in [1.54, 1.807) is 6.92 Å². The molecule has 1 amide bonds. The minimum absolute atomic E-state index is 0.602. The SMILES string of the molecule is CC(NCCN1CCCC1)C(=O)NCC(F)(F)F. The molecule has 0 aromatic carbocycles. The van der Waals surface area contributed by atoms with Crippen LogP contribution in [0.25, 0.3) is 0 Å². The topological polar surface area (TPSA) is 44.4 Å². The summed E-state index contributed by atoms with van der Waals surface area (Å²) in [5.74, 6) is -0.617. The van der Waals surface area contributed by atoms with Crippen molar-refractivity contribution in [2.45, 2.75) is 32.0 Å². The van der Waals surface area contributed by atoms with Gasteiger partial charge in [-0.2, -0.15) is 13.2 Å². The molecule has 18 heavy (non-hydrogen) atoms. The fraction of sp³-hybridized carbons (Fsp3) is 0.909. The van der Waals surface area contributed by atoms with E-state index >= 15 is 0 Å². The van der Waals surface area contributed by atoms with Crippen molar-refractivity contribution in [3.05, 3.63) is 0 Å². The molecule has 0 aromatic heterocycles. The first kappa shape index (κ1) is 15.2. The molecule has 1 fully saturated rings. The van der Waals surface area contributed by atoms with Crippen molar-refractivity contribution in [1.82, 2.24) is 15.5 Å². The fourth-order valence-electron chi connectivity index (χ4n) is 1.88. The van der Waals surface area contributed by atoms with Crippen molar-refractivity contribution < 1.29 is 18.0 Å². The number of alkyl halides is 3. The molecule has 1 aliphatic rings. The van der Waals surface area contributed by atoms with Gasteiger partial charge >= 0.3 is 6.18 Å². The smallest absolute Gasteiger partial charge is 0.346 e. The molecular formula is C11H20F3N3O. The molecule has 0 aromatic rings. The highest BCUT2D eigenvalue weighted by Gasteiger charge is 2.28. The van der Waals surface area contributed by atoms with E-state index in [0.29, 0.717) is 6.54 Å². The van der Waals surface area contributed by atoms with Crippen LogP contribution in [-0.4, -0.2) is 55.7 Å². The summed E-state index contributed by atoms with van der Waals surface area (Å²) in [5, 5.41) is 4.79. The second-order valence-corrected chi connectivity index (χ2v) is 4.56. The van der Waals surface area contributed by atoms with Crippen molar-refractivity contribution in [3.8, 4) is 0 Å². The summed E-state index contributed by atoms with van der Waals surface area (Å²) in [6.45, 7) is 3.86. The molecule has 7 heteroatoms. The number of rotatable bonds is 6. The third kappa shape index (κ3) is 6.20. The number of carbonyl (C=O) groups is 1. The Labute approximate surface area is 105 Å². The number of nitrogens with zero attached hydrogens (tertiary/aromatic N) is 1. The van der Waals surface area contributed by atoms with Crippen molar-refractivity contribution >= 4 is 5.91 Å². The zero-order valence-corrected chi connectivity index (χ0v) is 10.5. The van der Waals surface area contributed by atoms with Crippen LogP contribution >= 0.6 is 0 Å². The van der Waals surface area contributed by atoms with Crippen LogP contribution in [0.5, 0.6) is 0 Å². The maximum Gasteiger partial charge on any atom is 0.405 e. The molecule has 1 heterocycles. The van der Waals surface area contributed by atoms with E-state index in [9.17, 15) is 18.0 Å². The van der Waals surface area contributed by atoms with Crippen molar-refractivity contribution in [2.24, 2.45) is 0 Å². The maximum atomic E-state index is 11.9. The van der Waals surface area contributed by atoms with Gasteiger partial charge in [0, 0.05) is 13.1 Å². The van der Waals surface area contributed by atoms with Gasteiger partial charge in [0.15, 0.2) is 0 Å². The van der Waals surface area contributed by atoms with Crippen LogP contribution in [0.4, 0.5) is 13.2 Å². The molecule has 1 atom stereocenters. The summed E-state index contributed by atoms with van der Waals surface area (Å²) < 4.78 is 35.7. The molecule has 2 N–H and O–H groups in total. The molecule has 0 bridgehead atoms. The van der Waals surface area contributed by atoms with Gasteiger partial charge in [0.1, 0.15) is 6.54 Å². The largest absolute Gasteiger partial charge is 0.405 e. The summed E-state index contributed by atoms with van der Waals surface area (Å²) in [5.41, 5.74) is 0. The highest BCUT2D eigenvalue weighted by Crippen LogP contribution is 2.12. The summed E-state index contributed by atoms with van der Waals surface area (Å²) in [6.07, 6.45) is -1.96. The molecule has 0 aliphatic carbocycles. The number of amides is 1. The van der Waals surface area contributed by atoms with Gasteiger partial charge in [-0.1, -0.05) is 0 Å². The van der Waals surface area contributed by atoms with E-state index < -0.39 is 24.7 Å². The van der Waals surface area contributed by atoms with Crippen LogP contribution < -0.4 is 10.6 Å². The van der Waals surface area contributed by atoms with Gasteiger partial charge < -0.3 is 15.5 Å². The Hall–Kier alpha value is -0.820. The van der Waals surface area contributed by atoms with Crippen molar-refractivity contribution in [1.29, 1.82) is 0 Å². The molecule has 1 saturated heterocycles. The quantitative estimate of drug-likeness (QED) is 0.746. The van der Waals surface area contributed by atoms with E-state index in [-0.39, 0.29) is 0 Å². The van der Waals surface area contributed by atoms with Crippen molar-refractivity contribution in [2.75, 3.05) is 32.7 Å². The van der Waals surface area contributed by atoms with Crippen LogP contribution in [0, 0.1) is 0 Å². The standard InChI is InChI=1S/C11H20F3N3O/c1-9(10(18)16-8-11(12,13)14)15-4-7-17-5-2-3-6-17/h9,15H,2-8H2,1H3,(H,16,18). The first-order chi connectivity index (χ1) is 8.38. The maximum absolute atomic E-state index is 11.9. The van der Waals surface area contributed by atoms with Gasteiger partial charge in [-0.15, -0.1) is 0 Å². The fourth-order valence-corrected chi connectivity index (χ4v) is 1.88. The van der Waals surface area contributed by atoms with E-state index in [1.165, 1.54) is 12.8 Å². The monoisotopic (exact) mass is 267 g/mol. The van der Waals surface area contributed by atoms with Crippen LogP contribution in [-0.2, 0) is 4.79 Å². The number of likely N-dealkylation sites (tertiary alicyclic amines) is 1. The van der Waals surface area contributed by atoms with Gasteiger partial charge in [0.2, 0.25) is 5.91 Å². The van der Waals surface area contributed by atoms with Gasteiger partial charge in [-0.05, 0) is 32.9 Å². The molecule has 1 rings (SSSR count). The number of halogens is 3. The molecule has 0 radical (unpaired) electrons. The molecule has 4 nitrogen and oxygen atoms in total. The first-order valence-electron chi connectivity index (χ1n) is 6.19. The van der Waals surface area contributed by atoms with Crippen molar-refractivity contribution in [3.63, 3.8) is 0 Å². The van der Waals surface area contributed by atoms with E-state index in [2.05, 4.69) is 10.2 Å². The Balaban J connectivity index is 2.11. The normalized spacial score (nSPS) is 18.9. The molecule has 106 valence electrons. The van der Waals surface area contributed by atoms with Gasteiger partial charge in [-0.3, -0.25) is 4.79 Å². The lowest BCUT2D eigenvalue weighted by Crippen LogP contribution is -2.46. The predicted molar refractivity (Wildman–Crippen MR) is 62.2 cm³/mol. The summed E-state index contributed by atoms with van der Waals surface area (Å²) in [7, 11) is 0. The third-order valence-electron chi connectivity index (χ3n) is 2.93. The molecule has 1 aliphatic heterocycles. The van der Waals surface area contributed by atoms with Gasteiger partial charge in [-0.25, -0.2) is 0 Å². The second-order valence-electron chi connectivity index (χ2n) is 4.56. The number of nitrogens with one attached hydrogen (secondary N) is 2. The zero-order valence-electron chi connectivity index (χ0n) is 10.5. The first-order valence-corrected chi connectivity index (χ1v) is 6.19. The Morgan fingerprint density at radius 3 is 2.50 bits per heavy atom. The zero-order chi connectivity index (χ0) is 13.6. The average Bonchev–Trinajstić information content (AvgIpc) is 2.77.